The highest BCUT2D eigenvalue weighted by molar-refractivity contribution is 5.50. The van der Waals surface area contributed by atoms with Crippen molar-refractivity contribution in [2.24, 2.45) is 5.84 Å². The molecule has 0 spiro atoms. The maximum atomic E-state index is 11.1. The SMILES string of the molecule is Cc1nc(NN)nc(Oc2cccc(CO)c2)c1[N+](=O)[O-]. The van der Waals surface area contributed by atoms with Crippen LogP contribution in [0.1, 0.15) is 11.3 Å². The number of nitrogens with zero attached hydrogens (tertiary/aromatic N) is 3. The number of nitrogens with two attached hydrogens (primary N) is 1. The van der Waals surface area contributed by atoms with Crippen LogP contribution in [0.2, 0.25) is 0 Å². The predicted molar refractivity (Wildman–Crippen MR) is 73.7 cm³/mol. The lowest BCUT2D eigenvalue weighted by Gasteiger charge is -2.09. The molecule has 9 heteroatoms. The van der Waals surface area contributed by atoms with E-state index in [2.05, 4.69) is 15.4 Å². The Hall–Kier alpha value is -2.78. The number of anilines is 1. The first-order chi connectivity index (χ1) is 10.0. The number of aromatic nitrogens is 2. The van der Waals surface area contributed by atoms with E-state index in [1.165, 1.54) is 6.92 Å². The number of aryl methyl sites for hydroxylation is 1. The van der Waals surface area contributed by atoms with Crippen LogP contribution in [0, 0.1) is 17.0 Å². The molecule has 0 saturated carbocycles. The number of nitro groups is 1. The summed E-state index contributed by atoms with van der Waals surface area (Å²) in [6.07, 6.45) is 0. The number of hydrogen-bond donors (Lipinski definition) is 3. The summed E-state index contributed by atoms with van der Waals surface area (Å²) in [5, 5.41) is 20.2. The monoisotopic (exact) mass is 291 g/mol. The fourth-order valence-electron chi connectivity index (χ4n) is 1.71. The number of hydrazine groups is 1. The highest BCUT2D eigenvalue weighted by Crippen LogP contribution is 2.32. The highest BCUT2D eigenvalue weighted by Gasteiger charge is 2.24. The molecule has 1 heterocycles. The fraction of sp³-hybridized carbons (Fsp3) is 0.167. The van der Waals surface area contributed by atoms with Gasteiger partial charge >= 0.3 is 11.6 Å². The summed E-state index contributed by atoms with van der Waals surface area (Å²) in [5.41, 5.74) is 2.60. The number of aliphatic hydroxyl groups is 1. The van der Waals surface area contributed by atoms with Gasteiger partial charge in [0.25, 0.3) is 0 Å². The Morgan fingerprint density at radius 2 is 2.24 bits per heavy atom. The smallest absolute Gasteiger partial charge is 0.352 e. The Kier molecular flexibility index (Phi) is 4.26. The molecule has 0 bridgehead atoms. The van der Waals surface area contributed by atoms with Gasteiger partial charge in [-0.25, -0.2) is 10.8 Å². The third-order valence-electron chi connectivity index (χ3n) is 2.63. The highest BCUT2D eigenvalue weighted by atomic mass is 16.6. The van der Waals surface area contributed by atoms with Crippen molar-refractivity contribution < 1.29 is 14.8 Å². The van der Waals surface area contributed by atoms with Gasteiger partial charge in [-0.3, -0.25) is 15.5 Å². The minimum Gasteiger partial charge on any atom is -0.434 e. The van der Waals surface area contributed by atoms with Crippen LogP contribution < -0.4 is 16.0 Å². The molecule has 1 aromatic heterocycles. The zero-order chi connectivity index (χ0) is 15.4. The maximum Gasteiger partial charge on any atom is 0.352 e. The molecular formula is C12H13N5O4. The molecular weight excluding hydrogens is 278 g/mol. The number of ether oxygens (including phenoxy) is 1. The molecule has 2 rings (SSSR count). The van der Waals surface area contributed by atoms with Gasteiger partial charge in [0, 0.05) is 0 Å². The average molecular weight is 291 g/mol. The van der Waals surface area contributed by atoms with Crippen LogP contribution in [0.5, 0.6) is 11.6 Å². The largest absolute Gasteiger partial charge is 0.434 e. The van der Waals surface area contributed by atoms with Crippen molar-refractivity contribution in [3.8, 4) is 11.6 Å². The third kappa shape index (κ3) is 3.22. The zero-order valence-electron chi connectivity index (χ0n) is 11.1. The van der Waals surface area contributed by atoms with Crippen LogP contribution in [0.4, 0.5) is 11.6 Å². The van der Waals surface area contributed by atoms with Gasteiger partial charge in [0.1, 0.15) is 11.4 Å². The van der Waals surface area contributed by atoms with Gasteiger partial charge in [0.2, 0.25) is 5.95 Å². The topological polar surface area (TPSA) is 136 Å². The fourth-order valence-corrected chi connectivity index (χ4v) is 1.71. The van der Waals surface area contributed by atoms with E-state index >= 15 is 0 Å². The summed E-state index contributed by atoms with van der Waals surface area (Å²) >= 11 is 0. The molecule has 4 N–H and O–H groups in total. The second-order valence-corrected chi connectivity index (χ2v) is 4.10. The van der Waals surface area contributed by atoms with E-state index in [4.69, 9.17) is 15.7 Å². The van der Waals surface area contributed by atoms with Crippen LogP contribution >= 0.6 is 0 Å². The van der Waals surface area contributed by atoms with Crippen LogP contribution in [0.3, 0.4) is 0 Å². The number of rotatable bonds is 5. The molecule has 1 aromatic carbocycles. The number of aliphatic hydroxyl groups excluding tert-OH is 1. The summed E-state index contributed by atoms with van der Waals surface area (Å²) in [5.74, 6) is 5.31. The van der Waals surface area contributed by atoms with Crippen molar-refractivity contribution in [2.45, 2.75) is 13.5 Å². The number of hydrogen-bond acceptors (Lipinski definition) is 8. The minimum atomic E-state index is -0.624. The van der Waals surface area contributed by atoms with Gasteiger partial charge in [-0.05, 0) is 24.6 Å². The quantitative estimate of drug-likeness (QED) is 0.425. The van der Waals surface area contributed by atoms with Crippen molar-refractivity contribution >= 4 is 11.6 Å². The van der Waals surface area contributed by atoms with Gasteiger partial charge in [-0.15, -0.1) is 0 Å². The minimum absolute atomic E-state index is 0.00594. The molecule has 0 saturated heterocycles. The number of benzene rings is 1. The second kappa shape index (κ2) is 6.11. The van der Waals surface area contributed by atoms with Crippen LogP contribution in [0.25, 0.3) is 0 Å². The lowest BCUT2D eigenvalue weighted by atomic mass is 10.2. The molecule has 0 radical (unpaired) electrons. The first-order valence-corrected chi connectivity index (χ1v) is 5.92. The van der Waals surface area contributed by atoms with Gasteiger partial charge in [-0.1, -0.05) is 12.1 Å². The lowest BCUT2D eigenvalue weighted by Crippen LogP contribution is -2.12. The summed E-state index contributed by atoms with van der Waals surface area (Å²) < 4.78 is 5.44. The summed E-state index contributed by atoms with van der Waals surface area (Å²) in [6.45, 7) is 1.29. The van der Waals surface area contributed by atoms with Crippen molar-refractivity contribution in [3.05, 3.63) is 45.6 Å². The molecule has 9 nitrogen and oxygen atoms in total. The van der Waals surface area contributed by atoms with Crippen LogP contribution in [-0.2, 0) is 6.61 Å². The van der Waals surface area contributed by atoms with Crippen LogP contribution in [-0.4, -0.2) is 20.0 Å². The molecule has 0 aliphatic heterocycles. The van der Waals surface area contributed by atoms with Gasteiger partial charge in [0.05, 0.1) is 11.5 Å². The van der Waals surface area contributed by atoms with E-state index in [1.807, 2.05) is 0 Å². The molecule has 2 aromatic rings. The summed E-state index contributed by atoms with van der Waals surface area (Å²) in [7, 11) is 0. The van der Waals surface area contributed by atoms with E-state index in [1.54, 1.807) is 24.3 Å². The maximum absolute atomic E-state index is 11.1. The van der Waals surface area contributed by atoms with Crippen molar-refractivity contribution in [2.75, 3.05) is 5.43 Å². The molecule has 0 aliphatic rings. The third-order valence-corrected chi connectivity index (χ3v) is 2.63. The van der Waals surface area contributed by atoms with Gasteiger partial charge < -0.3 is 9.84 Å². The Balaban J connectivity index is 2.46. The summed E-state index contributed by atoms with van der Waals surface area (Å²) in [4.78, 5) is 18.2. The molecule has 0 atom stereocenters. The Labute approximate surface area is 119 Å². The molecule has 0 aliphatic carbocycles. The van der Waals surface area contributed by atoms with Gasteiger partial charge in [0.15, 0.2) is 0 Å². The molecule has 110 valence electrons. The van der Waals surface area contributed by atoms with E-state index in [0.29, 0.717) is 11.3 Å². The molecule has 21 heavy (non-hydrogen) atoms. The van der Waals surface area contributed by atoms with Crippen molar-refractivity contribution in [1.29, 1.82) is 0 Å². The first kappa shape index (κ1) is 14.6. The van der Waals surface area contributed by atoms with Crippen molar-refractivity contribution in [3.63, 3.8) is 0 Å². The zero-order valence-corrected chi connectivity index (χ0v) is 11.1. The average Bonchev–Trinajstić information content (AvgIpc) is 2.46. The number of nitrogens with one attached hydrogen (secondary N) is 1. The lowest BCUT2D eigenvalue weighted by molar-refractivity contribution is -0.386. The van der Waals surface area contributed by atoms with E-state index in [-0.39, 0.29) is 29.8 Å². The standard InChI is InChI=1S/C12H13N5O4/c1-7-10(17(19)20)11(15-12(14-7)16-13)21-9-4-2-3-8(5-9)6-18/h2-5,18H,6,13H2,1H3,(H,14,15,16). The van der Waals surface area contributed by atoms with E-state index in [0.717, 1.165) is 0 Å². The Morgan fingerprint density at radius 3 is 2.86 bits per heavy atom. The number of nitrogen functional groups attached to an aromatic ring is 1. The van der Waals surface area contributed by atoms with Gasteiger partial charge in [-0.2, -0.15) is 4.98 Å². The Bertz CT molecular complexity index is 677. The first-order valence-electron chi connectivity index (χ1n) is 5.92. The normalized spacial score (nSPS) is 10.2. The van der Waals surface area contributed by atoms with Crippen LogP contribution in [0.15, 0.2) is 24.3 Å². The molecule has 0 fully saturated rings. The van der Waals surface area contributed by atoms with E-state index in [9.17, 15) is 10.1 Å². The molecule has 0 amide bonds. The van der Waals surface area contributed by atoms with E-state index < -0.39 is 4.92 Å². The Morgan fingerprint density at radius 1 is 1.48 bits per heavy atom. The predicted octanol–water partition coefficient (Wildman–Crippen LogP) is 1.26. The van der Waals surface area contributed by atoms with Crippen molar-refractivity contribution in [1.82, 2.24) is 9.97 Å². The summed E-state index contributed by atoms with van der Waals surface area (Å²) in [6, 6.07) is 6.49. The molecule has 0 unspecified atom stereocenters. The second-order valence-electron chi connectivity index (χ2n) is 4.10.